The predicted molar refractivity (Wildman–Crippen MR) is 78.3 cm³/mol. The lowest BCUT2D eigenvalue weighted by Crippen LogP contribution is -2.42. The minimum absolute atomic E-state index is 0.106. The molecule has 0 amide bonds. The molecule has 1 aromatic rings. The molecule has 1 heterocycles. The number of benzene rings is 1. The fraction of sp³-hybridized carbons (Fsp3) is 0.429. The highest BCUT2D eigenvalue weighted by atomic mass is 35.5. The number of carboxylic acid groups (broad SMARTS) is 1. The lowest BCUT2D eigenvalue weighted by molar-refractivity contribution is -0.155. The number of amidine groups is 1. The Morgan fingerprint density at radius 1 is 1.55 bits per heavy atom. The largest absolute Gasteiger partial charge is 0.478 e. The molecule has 1 unspecified atom stereocenters. The zero-order valence-electron chi connectivity index (χ0n) is 11.4. The third kappa shape index (κ3) is 2.94. The van der Waals surface area contributed by atoms with Crippen molar-refractivity contribution in [2.24, 2.45) is 10.9 Å². The minimum atomic E-state index is -2.09. The number of nitrogens with zero attached hydrogens (tertiary/aromatic N) is 2. The molecule has 108 valence electrons. The average molecular weight is 297 g/mol. The third-order valence-electron chi connectivity index (χ3n) is 3.06. The van der Waals surface area contributed by atoms with E-state index in [-0.39, 0.29) is 6.54 Å². The van der Waals surface area contributed by atoms with E-state index in [1.54, 1.807) is 23.1 Å². The van der Waals surface area contributed by atoms with E-state index in [4.69, 9.17) is 16.7 Å². The van der Waals surface area contributed by atoms with E-state index >= 15 is 0 Å². The van der Waals surface area contributed by atoms with E-state index in [1.165, 1.54) is 0 Å². The van der Waals surface area contributed by atoms with Crippen LogP contribution in [0.15, 0.2) is 29.3 Å². The van der Waals surface area contributed by atoms with Crippen molar-refractivity contribution >= 4 is 29.1 Å². The molecule has 0 fully saturated rings. The summed E-state index contributed by atoms with van der Waals surface area (Å²) in [5.74, 6) is -0.484. The van der Waals surface area contributed by atoms with E-state index in [9.17, 15) is 9.90 Å². The Bertz CT molecular complexity index is 559. The van der Waals surface area contributed by atoms with Crippen molar-refractivity contribution < 1.29 is 15.0 Å². The highest BCUT2D eigenvalue weighted by Gasteiger charge is 2.44. The number of halogens is 1. The molecule has 0 aromatic heterocycles. The molecule has 20 heavy (non-hydrogen) atoms. The van der Waals surface area contributed by atoms with Gasteiger partial charge in [0.25, 0.3) is 5.72 Å². The number of aliphatic hydroxyl groups is 1. The number of anilines is 1. The molecule has 1 aliphatic heterocycles. The summed E-state index contributed by atoms with van der Waals surface area (Å²) in [6.45, 7) is 3.92. The maximum absolute atomic E-state index is 11.2. The summed E-state index contributed by atoms with van der Waals surface area (Å²) < 4.78 is 0. The Balaban J connectivity index is 2.37. The molecule has 0 bridgehead atoms. The summed E-state index contributed by atoms with van der Waals surface area (Å²) in [5.41, 5.74) is -1.36. The molecule has 0 saturated carbocycles. The van der Waals surface area contributed by atoms with Crippen molar-refractivity contribution in [3.8, 4) is 0 Å². The van der Waals surface area contributed by atoms with Crippen molar-refractivity contribution in [1.82, 2.24) is 0 Å². The van der Waals surface area contributed by atoms with Gasteiger partial charge < -0.3 is 15.1 Å². The van der Waals surface area contributed by atoms with Crippen LogP contribution in [0, 0.1) is 5.92 Å². The molecule has 0 saturated heterocycles. The predicted octanol–water partition coefficient (Wildman–Crippen LogP) is 2.38. The zero-order valence-corrected chi connectivity index (χ0v) is 12.1. The number of hydrogen-bond acceptors (Lipinski definition) is 4. The van der Waals surface area contributed by atoms with E-state index in [0.717, 1.165) is 5.69 Å². The van der Waals surface area contributed by atoms with Crippen LogP contribution in [0.1, 0.15) is 20.3 Å². The minimum Gasteiger partial charge on any atom is -0.478 e. The second kappa shape index (κ2) is 5.42. The Hall–Kier alpha value is -1.59. The first-order valence-electron chi connectivity index (χ1n) is 6.39. The number of carbonyl (C=O) groups is 1. The summed E-state index contributed by atoms with van der Waals surface area (Å²) >= 11 is 5.96. The van der Waals surface area contributed by atoms with Gasteiger partial charge in [-0.2, -0.15) is 0 Å². The van der Waals surface area contributed by atoms with Crippen LogP contribution in [0.3, 0.4) is 0 Å². The van der Waals surface area contributed by atoms with Crippen molar-refractivity contribution in [1.29, 1.82) is 0 Å². The molecule has 6 heteroatoms. The molecular formula is C14H17ClN2O3. The van der Waals surface area contributed by atoms with Crippen LogP contribution in [0.25, 0.3) is 0 Å². The number of aliphatic carboxylic acids is 1. The fourth-order valence-electron chi connectivity index (χ4n) is 2.14. The second-order valence-corrected chi connectivity index (χ2v) is 5.75. The van der Waals surface area contributed by atoms with Crippen LogP contribution in [0.4, 0.5) is 5.69 Å². The number of carboxylic acids is 1. The maximum atomic E-state index is 11.2. The molecule has 1 atom stereocenters. The van der Waals surface area contributed by atoms with E-state index in [1.807, 2.05) is 19.9 Å². The molecule has 1 aliphatic rings. The molecule has 2 N–H and O–H groups in total. The quantitative estimate of drug-likeness (QED) is 0.895. The van der Waals surface area contributed by atoms with Gasteiger partial charge in [0.15, 0.2) is 0 Å². The summed E-state index contributed by atoms with van der Waals surface area (Å²) in [5, 5.41) is 19.8. The SMILES string of the molecule is CC(C)CC1=NC(O)(C(=O)O)CN1c1cccc(Cl)c1. The van der Waals surface area contributed by atoms with Crippen LogP contribution in [0.2, 0.25) is 5.02 Å². The first-order chi connectivity index (χ1) is 9.32. The first-order valence-corrected chi connectivity index (χ1v) is 6.77. The first kappa shape index (κ1) is 14.8. The summed E-state index contributed by atoms with van der Waals surface area (Å²) in [4.78, 5) is 16.9. The van der Waals surface area contributed by atoms with E-state index in [0.29, 0.717) is 23.2 Å². The smallest absolute Gasteiger partial charge is 0.361 e. The van der Waals surface area contributed by atoms with Gasteiger partial charge in [-0.05, 0) is 24.1 Å². The van der Waals surface area contributed by atoms with Crippen molar-refractivity contribution in [2.45, 2.75) is 26.0 Å². The lowest BCUT2D eigenvalue weighted by atomic mass is 10.1. The summed E-state index contributed by atoms with van der Waals surface area (Å²) in [7, 11) is 0. The molecule has 0 aliphatic carbocycles. The number of hydrogen-bond donors (Lipinski definition) is 2. The van der Waals surface area contributed by atoms with Crippen LogP contribution in [-0.2, 0) is 4.79 Å². The van der Waals surface area contributed by atoms with Gasteiger partial charge in [0.05, 0.1) is 6.54 Å². The van der Waals surface area contributed by atoms with Gasteiger partial charge in [-0.1, -0.05) is 31.5 Å². The molecule has 5 nitrogen and oxygen atoms in total. The highest BCUT2D eigenvalue weighted by molar-refractivity contribution is 6.31. The van der Waals surface area contributed by atoms with Gasteiger partial charge in [-0.15, -0.1) is 0 Å². The van der Waals surface area contributed by atoms with Gasteiger partial charge in [-0.3, -0.25) is 0 Å². The maximum Gasteiger partial charge on any atom is 0.361 e. The molecule has 0 radical (unpaired) electrons. The van der Waals surface area contributed by atoms with Crippen LogP contribution in [0.5, 0.6) is 0 Å². The van der Waals surface area contributed by atoms with Crippen LogP contribution >= 0.6 is 11.6 Å². The second-order valence-electron chi connectivity index (χ2n) is 5.31. The van der Waals surface area contributed by atoms with Gasteiger partial charge in [0.2, 0.25) is 0 Å². The Morgan fingerprint density at radius 3 is 2.80 bits per heavy atom. The standard InChI is InChI=1S/C14H17ClN2O3/c1-9(2)6-12-16-14(20,13(18)19)8-17(12)11-5-3-4-10(15)7-11/h3-5,7,9,20H,6,8H2,1-2H3,(H,18,19). The monoisotopic (exact) mass is 296 g/mol. The Morgan fingerprint density at radius 2 is 2.25 bits per heavy atom. The Labute approximate surface area is 122 Å². The topological polar surface area (TPSA) is 73.1 Å². The Kier molecular flexibility index (Phi) is 4.01. The van der Waals surface area contributed by atoms with Gasteiger partial charge in [0, 0.05) is 17.1 Å². The van der Waals surface area contributed by atoms with Gasteiger partial charge in [-0.25, -0.2) is 9.79 Å². The molecule has 0 spiro atoms. The summed E-state index contributed by atoms with van der Waals surface area (Å²) in [6, 6.07) is 7.06. The number of rotatable bonds is 4. The van der Waals surface area contributed by atoms with Gasteiger partial charge in [0.1, 0.15) is 5.84 Å². The zero-order chi connectivity index (χ0) is 14.9. The number of aliphatic imine (C=N–C) groups is 1. The third-order valence-corrected chi connectivity index (χ3v) is 3.29. The van der Waals surface area contributed by atoms with Crippen LogP contribution in [-0.4, -0.2) is 34.3 Å². The molecular weight excluding hydrogens is 280 g/mol. The summed E-state index contributed by atoms with van der Waals surface area (Å²) in [6.07, 6.45) is 0.585. The van der Waals surface area contributed by atoms with E-state index < -0.39 is 11.7 Å². The van der Waals surface area contributed by atoms with Crippen molar-refractivity contribution in [3.05, 3.63) is 29.3 Å². The van der Waals surface area contributed by atoms with Crippen molar-refractivity contribution in [2.75, 3.05) is 11.4 Å². The molecule has 2 rings (SSSR count). The highest BCUT2D eigenvalue weighted by Crippen LogP contribution is 2.29. The van der Waals surface area contributed by atoms with Crippen molar-refractivity contribution in [3.63, 3.8) is 0 Å². The number of β-amino-alcohol motifs (C(OH)–C–C–N with tert-alkyl or cyclic N) is 1. The molecule has 1 aromatic carbocycles. The van der Waals surface area contributed by atoms with Gasteiger partial charge >= 0.3 is 5.97 Å². The average Bonchev–Trinajstić information content (AvgIpc) is 2.67. The fourth-order valence-corrected chi connectivity index (χ4v) is 2.33. The lowest BCUT2D eigenvalue weighted by Gasteiger charge is -2.23. The van der Waals surface area contributed by atoms with Crippen LogP contribution < -0.4 is 4.90 Å². The van der Waals surface area contributed by atoms with E-state index in [2.05, 4.69) is 4.99 Å². The normalized spacial score (nSPS) is 22.2.